The zero-order valence-corrected chi connectivity index (χ0v) is 16.6. The van der Waals surface area contributed by atoms with Crippen LogP contribution in [0.1, 0.15) is 17.4 Å². The Morgan fingerprint density at radius 1 is 1.10 bits per heavy atom. The molecule has 0 fully saturated rings. The highest BCUT2D eigenvalue weighted by molar-refractivity contribution is 7.90. The molecule has 8 nitrogen and oxygen atoms in total. The van der Waals surface area contributed by atoms with Gasteiger partial charge in [-0.05, 0) is 37.3 Å². The molecule has 3 aromatic rings. The molecule has 150 valence electrons. The van der Waals surface area contributed by atoms with E-state index in [1.54, 1.807) is 48.0 Å². The van der Waals surface area contributed by atoms with Gasteiger partial charge in [-0.2, -0.15) is 5.10 Å². The molecule has 0 saturated carbocycles. The van der Waals surface area contributed by atoms with E-state index >= 15 is 0 Å². The number of sulfone groups is 1. The normalized spacial score (nSPS) is 12.8. The van der Waals surface area contributed by atoms with Crippen molar-refractivity contribution in [3.8, 4) is 28.4 Å². The number of rotatable bonds is 5. The zero-order valence-electron chi connectivity index (χ0n) is 15.8. The van der Waals surface area contributed by atoms with Gasteiger partial charge in [-0.15, -0.1) is 0 Å². The van der Waals surface area contributed by atoms with Gasteiger partial charge in [-0.25, -0.2) is 17.9 Å². The third-order valence-corrected chi connectivity index (χ3v) is 5.50. The summed E-state index contributed by atoms with van der Waals surface area (Å²) >= 11 is 0. The largest absolute Gasteiger partial charge is 0.461 e. The van der Waals surface area contributed by atoms with Gasteiger partial charge in [-0.1, -0.05) is 12.1 Å². The van der Waals surface area contributed by atoms with Crippen molar-refractivity contribution >= 4 is 15.8 Å². The van der Waals surface area contributed by atoms with E-state index in [2.05, 4.69) is 5.10 Å². The molecule has 1 aliphatic rings. The summed E-state index contributed by atoms with van der Waals surface area (Å²) in [5.74, 6) is 0.667. The summed E-state index contributed by atoms with van der Waals surface area (Å²) in [7, 11) is -3.31. The van der Waals surface area contributed by atoms with Gasteiger partial charge in [0.1, 0.15) is 0 Å². The minimum absolute atomic E-state index is 0.145. The molecule has 0 bridgehead atoms. The number of carbonyl (C=O) groups excluding carboxylic acids is 1. The van der Waals surface area contributed by atoms with Crippen molar-refractivity contribution in [2.75, 3.05) is 19.7 Å². The quantitative estimate of drug-likeness (QED) is 0.592. The van der Waals surface area contributed by atoms with Crippen LogP contribution in [-0.4, -0.2) is 43.8 Å². The van der Waals surface area contributed by atoms with Crippen molar-refractivity contribution < 1.29 is 27.4 Å². The van der Waals surface area contributed by atoms with Gasteiger partial charge in [0.25, 0.3) is 0 Å². The van der Waals surface area contributed by atoms with Crippen LogP contribution in [0.2, 0.25) is 0 Å². The van der Waals surface area contributed by atoms with Crippen molar-refractivity contribution in [3.63, 3.8) is 0 Å². The van der Waals surface area contributed by atoms with E-state index in [0.29, 0.717) is 28.4 Å². The molecule has 2 heterocycles. The van der Waals surface area contributed by atoms with Crippen molar-refractivity contribution in [1.29, 1.82) is 0 Å². The van der Waals surface area contributed by atoms with Gasteiger partial charge in [0, 0.05) is 17.9 Å². The summed E-state index contributed by atoms with van der Waals surface area (Å²) in [6, 6.07) is 13.3. The molecular weight excluding hydrogens is 396 g/mol. The Bertz CT molecular complexity index is 1180. The number of fused-ring (bicyclic) bond motifs is 1. The molecule has 1 aliphatic heterocycles. The molecule has 0 atom stereocenters. The standard InChI is InChI=1S/C20H18N2O6S/c1-3-26-20(23)16-11-17(13-4-7-15(8-5-13)29(2,24)25)22(21-16)14-6-9-18-19(10-14)28-12-27-18/h4-11H,3,12H2,1-2H3. The fraction of sp³-hybridized carbons (Fsp3) is 0.200. The first kappa shape index (κ1) is 19.0. The lowest BCUT2D eigenvalue weighted by Gasteiger charge is -2.09. The van der Waals surface area contributed by atoms with Crippen LogP contribution in [0.3, 0.4) is 0 Å². The molecular formula is C20H18N2O6S. The third-order valence-electron chi connectivity index (χ3n) is 4.37. The fourth-order valence-electron chi connectivity index (χ4n) is 2.98. The van der Waals surface area contributed by atoms with E-state index in [-0.39, 0.29) is 24.0 Å². The minimum Gasteiger partial charge on any atom is -0.461 e. The number of carbonyl (C=O) groups is 1. The molecule has 0 spiro atoms. The van der Waals surface area contributed by atoms with Crippen LogP contribution >= 0.6 is 0 Å². The van der Waals surface area contributed by atoms with E-state index in [4.69, 9.17) is 14.2 Å². The molecule has 0 N–H and O–H groups in total. The van der Waals surface area contributed by atoms with Crippen molar-refractivity contribution in [2.24, 2.45) is 0 Å². The zero-order chi connectivity index (χ0) is 20.6. The third kappa shape index (κ3) is 3.68. The average Bonchev–Trinajstić information content (AvgIpc) is 3.34. The monoisotopic (exact) mass is 414 g/mol. The lowest BCUT2D eigenvalue weighted by Crippen LogP contribution is -2.06. The van der Waals surface area contributed by atoms with Crippen molar-refractivity contribution in [2.45, 2.75) is 11.8 Å². The summed E-state index contributed by atoms with van der Waals surface area (Å²) in [4.78, 5) is 12.4. The number of hydrogen-bond acceptors (Lipinski definition) is 7. The maximum absolute atomic E-state index is 12.2. The SMILES string of the molecule is CCOC(=O)c1cc(-c2ccc(S(C)(=O)=O)cc2)n(-c2ccc3c(c2)OCO3)n1. The Balaban J connectivity index is 1.82. The molecule has 0 radical (unpaired) electrons. The summed E-state index contributed by atoms with van der Waals surface area (Å²) in [6.45, 7) is 2.09. The van der Waals surface area contributed by atoms with Crippen LogP contribution in [-0.2, 0) is 14.6 Å². The van der Waals surface area contributed by atoms with Crippen molar-refractivity contribution in [3.05, 3.63) is 54.2 Å². The van der Waals surface area contributed by atoms with Gasteiger partial charge in [0.2, 0.25) is 6.79 Å². The van der Waals surface area contributed by atoms with E-state index in [1.165, 1.54) is 12.1 Å². The fourth-order valence-corrected chi connectivity index (χ4v) is 3.61. The Morgan fingerprint density at radius 3 is 2.52 bits per heavy atom. The molecule has 2 aromatic carbocycles. The first-order chi connectivity index (χ1) is 13.9. The summed E-state index contributed by atoms with van der Waals surface area (Å²) in [6.07, 6.45) is 1.15. The second-order valence-electron chi connectivity index (χ2n) is 6.38. The molecule has 1 aromatic heterocycles. The van der Waals surface area contributed by atoms with Gasteiger partial charge in [0.05, 0.1) is 22.9 Å². The number of nitrogens with zero attached hydrogens (tertiary/aromatic N) is 2. The first-order valence-electron chi connectivity index (χ1n) is 8.84. The second-order valence-corrected chi connectivity index (χ2v) is 8.40. The number of benzene rings is 2. The summed E-state index contributed by atoms with van der Waals surface area (Å²) in [5, 5.41) is 4.40. The number of ether oxygens (including phenoxy) is 3. The predicted octanol–water partition coefficient (Wildman–Crippen LogP) is 2.85. The highest BCUT2D eigenvalue weighted by Gasteiger charge is 2.20. The molecule has 0 amide bonds. The molecule has 0 aliphatic carbocycles. The minimum atomic E-state index is -3.31. The smallest absolute Gasteiger partial charge is 0.358 e. The summed E-state index contributed by atoms with van der Waals surface area (Å²) < 4.78 is 40.9. The molecule has 29 heavy (non-hydrogen) atoms. The Hall–Kier alpha value is -3.33. The van der Waals surface area contributed by atoms with Crippen LogP contribution in [0, 0.1) is 0 Å². The number of aromatic nitrogens is 2. The van der Waals surface area contributed by atoms with E-state index in [1.807, 2.05) is 0 Å². The van der Waals surface area contributed by atoms with Crippen LogP contribution in [0.15, 0.2) is 53.4 Å². The second kappa shape index (κ2) is 7.25. The molecule has 9 heteroatoms. The number of hydrogen-bond donors (Lipinski definition) is 0. The van der Waals surface area contributed by atoms with E-state index < -0.39 is 15.8 Å². The van der Waals surface area contributed by atoms with Gasteiger partial charge >= 0.3 is 5.97 Å². The van der Waals surface area contributed by atoms with Gasteiger partial charge in [-0.3, -0.25) is 0 Å². The molecule has 4 rings (SSSR count). The van der Waals surface area contributed by atoms with Gasteiger partial charge < -0.3 is 14.2 Å². The van der Waals surface area contributed by atoms with Crippen molar-refractivity contribution in [1.82, 2.24) is 9.78 Å². The highest BCUT2D eigenvalue weighted by atomic mass is 32.2. The molecule has 0 saturated heterocycles. The Morgan fingerprint density at radius 2 is 1.83 bits per heavy atom. The Kier molecular flexibility index (Phi) is 4.75. The molecule has 0 unspecified atom stereocenters. The van der Waals surface area contributed by atoms with Crippen LogP contribution in [0.4, 0.5) is 0 Å². The van der Waals surface area contributed by atoms with E-state index in [9.17, 15) is 13.2 Å². The van der Waals surface area contributed by atoms with Crippen LogP contribution in [0.25, 0.3) is 16.9 Å². The Labute approximate surface area is 167 Å². The van der Waals surface area contributed by atoms with Crippen LogP contribution in [0.5, 0.6) is 11.5 Å². The maximum Gasteiger partial charge on any atom is 0.358 e. The topological polar surface area (TPSA) is 96.7 Å². The van der Waals surface area contributed by atoms with Gasteiger partial charge in [0.15, 0.2) is 27.0 Å². The number of esters is 1. The lowest BCUT2D eigenvalue weighted by atomic mass is 10.1. The first-order valence-corrected chi connectivity index (χ1v) is 10.7. The lowest BCUT2D eigenvalue weighted by molar-refractivity contribution is 0.0519. The maximum atomic E-state index is 12.2. The average molecular weight is 414 g/mol. The predicted molar refractivity (Wildman–Crippen MR) is 104 cm³/mol. The highest BCUT2D eigenvalue weighted by Crippen LogP contribution is 2.35. The summed E-state index contributed by atoms with van der Waals surface area (Å²) in [5.41, 5.74) is 2.10. The van der Waals surface area contributed by atoms with Crippen LogP contribution < -0.4 is 9.47 Å². The van der Waals surface area contributed by atoms with E-state index in [0.717, 1.165) is 6.26 Å².